The van der Waals surface area contributed by atoms with Gasteiger partial charge in [0.2, 0.25) is 0 Å². The number of hydrogen-bond donors (Lipinski definition) is 0. The fourth-order valence-electron chi connectivity index (χ4n) is 1.44. The highest BCUT2D eigenvalue weighted by Crippen LogP contribution is 2.58. The van der Waals surface area contributed by atoms with Crippen molar-refractivity contribution in [3.8, 4) is 0 Å². The van der Waals surface area contributed by atoms with Crippen molar-refractivity contribution >= 4 is 0 Å². The molecule has 3 rings (SSSR count). The zero-order chi connectivity index (χ0) is 5.14. The standard InChI is InChI=1S/C6H5NO/c1-3-4(1)6-7-5(3)2-8-6/h2-4H,1H2. The van der Waals surface area contributed by atoms with Crippen molar-refractivity contribution in [3.63, 3.8) is 0 Å². The molecular weight excluding hydrogens is 102 g/mol. The second-order valence-corrected chi connectivity index (χ2v) is 2.56. The van der Waals surface area contributed by atoms with Gasteiger partial charge in [-0.15, -0.1) is 0 Å². The predicted molar refractivity (Wildman–Crippen MR) is 26.6 cm³/mol. The Morgan fingerprint density at radius 3 is 3.12 bits per heavy atom. The maximum atomic E-state index is 5.09. The van der Waals surface area contributed by atoms with Crippen LogP contribution in [0.3, 0.4) is 0 Å². The van der Waals surface area contributed by atoms with Crippen LogP contribution in [0, 0.1) is 0 Å². The van der Waals surface area contributed by atoms with E-state index in [0.29, 0.717) is 5.92 Å². The SMILES string of the molecule is c1oc2nc1C1CC21. The van der Waals surface area contributed by atoms with Gasteiger partial charge in [-0.05, 0) is 6.42 Å². The van der Waals surface area contributed by atoms with E-state index in [2.05, 4.69) is 4.98 Å². The maximum Gasteiger partial charge on any atom is 0.198 e. The van der Waals surface area contributed by atoms with E-state index < -0.39 is 0 Å². The first-order valence-corrected chi connectivity index (χ1v) is 2.90. The van der Waals surface area contributed by atoms with E-state index in [1.54, 1.807) is 6.26 Å². The van der Waals surface area contributed by atoms with Gasteiger partial charge in [0.1, 0.15) is 6.26 Å². The molecule has 1 aliphatic carbocycles. The number of fused-ring (bicyclic) bond motifs is 5. The van der Waals surface area contributed by atoms with Crippen molar-refractivity contribution in [3.05, 3.63) is 17.8 Å². The van der Waals surface area contributed by atoms with Crippen LogP contribution in [-0.2, 0) is 0 Å². The quantitative estimate of drug-likeness (QED) is 0.498. The van der Waals surface area contributed by atoms with Gasteiger partial charge in [0, 0.05) is 11.8 Å². The second kappa shape index (κ2) is 0.729. The van der Waals surface area contributed by atoms with Crippen LogP contribution in [0.5, 0.6) is 0 Å². The molecule has 2 aliphatic rings. The van der Waals surface area contributed by atoms with E-state index in [4.69, 9.17) is 4.42 Å². The van der Waals surface area contributed by atoms with Gasteiger partial charge in [0.15, 0.2) is 5.89 Å². The maximum absolute atomic E-state index is 5.09. The summed E-state index contributed by atoms with van der Waals surface area (Å²) in [6, 6.07) is 0. The molecule has 1 saturated carbocycles. The molecule has 2 atom stereocenters. The van der Waals surface area contributed by atoms with Crippen LogP contribution in [0.1, 0.15) is 29.8 Å². The molecule has 0 aromatic carbocycles. The van der Waals surface area contributed by atoms with Gasteiger partial charge in [-0.3, -0.25) is 0 Å². The van der Waals surface area contributed by atoms with Crippen LogP contribution in [0.15, 0.2) is 10.7 Å². The molecule has 1 aliphatic heterocycles. The molecule has 40 valence electrons. The first kappa shape index (κ1) is 3.28. The molecule has 0 amide bonds. The lowest BCUT2D eigenvalue weighted by Gasteiger charge is -1.83. The third-order valence-electron chi connectivity index (χ3n) is 2.03. The number of nitrogens with zero attached hydrogens (tertiary/aromatic N) is 1. The van der Waals surface area contributed by atoms with Crippen LogP contribution in [0.4, 0.5) is 0 Å². The average molecular weight is 107 g/mol. The van der Waals surface area contributed by atoms with Crippen LogP contribution >= 0.6 is 0 Å². The molecule has 0 N–H and O–H groups in total. The minimum atomic E-state index is 0.704. The molecule has 2 heteroatoms. The van der Waals surface area contributed by atoms with Crippen LogP contribution in [0.25, 0.3) is 0 Å². The van der Waals surface area contributed by atoms with E-state index in [-0.39, 0.29) is 0 Å². The van der Waals surface area contributed by atoms with Crippen molar-refractivity contribution in [1.29, 1.82) is 0 Å². The summed E-state index contributed by atoms with van der Waals surface area (Å²) >= 11 is 0. The molecule has 2 nitrogen and oxygen atoms in total. The second-order valence-electron chi connectivity index (χ2n) is 2.56. The highest BCUT2D eigenvalue weighted by atomic mass is 16.3. The lowest BCUT2D eigenvalue weighted by atomic mass is 10.3. The fraction of sp³-hybridized carbons (Fsp3) is 0.500. The van der Waals surface area contributed by atoms with Gasteiger partial charge in [-0.25, -0.2) is 4.98 Å². The summed E-state index contributed by atoms with van der Waals surface area (Å²) < 4.78 is 5.09. The lowest BCUT2D eigenvalue weighted by Crippen LogP contribution is -1.71. The Hall–Kier alpha value is -0.790. The Labute approximate surface area is 46.5 Å². The Morgan fingerprint density at radius 1 is 1.62 bits per heavy atom. The normalized spacial score (nSPS) is 37.5. The molecule has 1 aromatic rings. The summed E-state index contributed by atoms with van der Waals surface area (Å²) in [5.74, 6) is 2.46. The van der Waals surface area contributed by atoms with Gasteiger partial charge >= 0.3 is 0 Å². The smallest absolute Gasteiger partial charge is 0.198 e. The first-order chi connectivity index (χ1) is 3.95. The highest BCUT2D eigenvalue weighted by Gasteiger charge is 2.50. The van der Waals surface area contributed by atoms with Gasteiger partial charge in [-0.1, -0.05) is 0 Å². The summed E-state index contributed by atoms with van der Waals surface area (Å²) in [4.78, 5) is 4.19. The Bertz CT molecular complexity index is 218. The van der Waals surface area contributed by atoms with Crippen molar-refractivity contribution in [2.24, 2.45) is 0 Å². The summed E-state index contributed by atoms with van der Waals surface area (Å²) in [5.41, 5.74) is 1.19. The fourth-order valence-corrected chi connectivity index (χ4v) is 1.44. The van der Waals surface area contributed by atoms with Crippen molar-refractivity contribution in [1.82, 2.24) is 4.98 Å². The monoisotopic (exact) mass is 107 g/mol. The molecule has 2 heterocycles. The summed E-state index contributed by atoms with van der Waals surface area (Å²) in [7, 11) is 0. The van der Waals surface area contributed by atoms with E-state index in [9.17, 15) is 0 Å². The lowest BCUT2D eigenvalue weighted by molar-refractivity contribution is 0.488. The van der Waals surface area contributed by atoms with E-state index in [1.807, 2.05) is 0 Å². The molecule has 1 aromatic heterocycles. The van der Waals surface area contributed by atoms with Crippen molar-refractivity contribution in [2.45, 2.75) is 18.3 Å². The third kappa shape index (κ3) is 0.187. The molecule has 0 saturated heterocycles. The topological polar surface area (TPSA) is 26.0 Å². The van der Waals surface area contributed by atoms with Gasteiger partial charge in [-0.2, -0.15) is 0 Å². The average Bonchev–Trinajstić information content (AvgIpc) is 2.39. The van der Waals surface area contributed by atoms with Crippen molar-refractivity contribution in [2.75, 3.05) is 0 Å². The summed E-state index contributed by atoms with van der Waals surface area (Å²) in [6.07, 6.45) is 3.08. The van der Waals surface area contributed by atoms with Gasteiger partial charge in [0.25, 0.3) is 0 Å². The Balaban J connectivity index is 2.43. The highest BCUT2D eigenvalue weighted by molar-refractivity contribution is 5.30. The Kier molecular flexibility index (Phi) is 0.299. The summed E-state index contributed by atoms with van der Waals surface area (Å²) in [5, 5.41) is 0. The molecule has 0 spiro atoms. The molecule has 2 bridgehead atoms. The zero-order valence-electron chi connectivity index (χ0n) is 4.29. The van der Waals surface area contributed by atoms with Crippen LogP contribution in [-0.4, -0.2) is 4.98 Å². The first-order valence-electron chi connectivity index (χ1n) is 2.90. The molecule has 0 radical (unpaired) electrons. The zero-order valence-corrected chi connectivity index (χ0v) is 4.29. The number of aromatic nitrogens is 1. The molecule has 1 fully saturated rings. The van der Waals surface area contributed by atoms with Crippen LogP contribution < -0.4 is 0 Å². The minimum absolute atomic E-state index is 0.704. The van der Waals surface area contributed by atoms with Crippen molar-refractivity contribution < 1.29 is 4.42 Å². The van der Waals surface area contributed by atoms with Crippen LogP contribution in [0.2, 0.25) is 0 Å². The Morgan fingerprint density at radius 2 is 2.62 bits per heavy atom. The molecular formula is C6H5NO. The number of oxazole rings is 1. The minimum Gasteiger partial charge on any atom is -0.448 e. The molecule has 8 heavy (non-hydrogen) atoms. The van der Waals surface area contributed by atoms with E-state index in [0.717, 1.165) is 11.8 Å². The predicted octanol–water partition coefficient (Wildman–Crippen LogP) is 1.26. The van der Waals surface area contributed by atoms with E-state index in [1.165, 1.54) is 12.1 Å². The van der Waals surface area contributed by atoms with E-state index >= 15 is 0 Å². The number of rotatable bonds is 0. The molecule has 2 unspecified atom stereocenters. The largest absolute Gasteiger partial charge is 0.448 e. The summed E-state index contributed by atoms with van der Waals surface area (Å²) in [6.45, 7) is 0. The van der Waals surface area contributed by atoms with Gasteiger partial charge < -0.3 is 4.42 Å². The third-order valence-corrected chi connectivity index (χ3v) is 2.03. The van der Waals surface area contributed by atoms with Gasteiger partial charge in [0.05, 0.1) is 5.69 Å². The number of hydrogen-bond acceptors (Lipinski definition) is 2.